The second-order valence-electron chi connectivity index (χ2n) is 9.86. The third-order valence-corrected chi connectivity index (χ3v) is 5.18. The Labute approximate surface area is 200 Å². The highest BCUT2D eigenvalue weighted by atomic mass is 16.6. The van der Waals surface area contributed by atoms with Gasteiger partial charge in [0.25, 0.3) is 0 Å². The minimum atomic E-state index is -1.50. The number of carbonyl (C=O) groups is 2. The summed E-state index contributed by atoms with van der Waals surface area (Å²) >= 11 is 0. The number of rotatable bonds is 7. The number of nitrogens with one attached hydrogen (secondary N) is 1. The van der Waals surface area contributed by atoms with Crippen molar-refractivity contribution in [2.45, 2.75) is 59.3 Å². The maximum absolute atomic E-state index is 13.6. The number of pyridine rings is 1. The van der Waals surface area contributed by atoms with Gasteiger partial charge in [0.2, 0.25) is 5.88 Å². The largest absolute Gasteiger partial charge is 0.493 e. The van der Waals surface area contributed by atoms with Crippen LogP contribution in [0.1, 0.15) is 52.2 Å². The van der Waals surface area contributed by atoms with Crippen LogP contribution < -0.4 is 5.32 Å². The number of esters is 1. The van der Waals surface area contributed by atoms with Gasteiger partial charge in [-0.25, -0.2) is 14.6 Å². The molecule has 34 heavy (non-hydrogen) atoms. The average molecular weight is 465 g/mol. The molecule has 1 heterocycles. The number of hydrogen-bond donors (Lipinski definition) is 2. The van der Waals surface area contributed by atoms with Crippen molar-refractivity contribution in [2.24, 2.45) is 5.41 Å². The summed E-state index contributed by atoms with van der Waals surface area (Å²) in [6.07, 6.45) is -0.839. The number of amides is 1. The van der Waals surface area contributed by atoms with Crippen molar-refractivity contribution in [2.75, 3.05) is 0 Å². The van der Waals surface area contributed by atoms with Crippen LogP contribution in [0.15, 0.2) is 60.7 Å². The minimum absolute atomic E-state index is 0.0679. The van der Waals surface area contributed by atoms with Crippen LogP contribution in [0.4, 0.5) is 4.79 Å². The summed E-state index contributed by atoms with van der Waals surface area (Å²) in [5.41, 5.74) is 0.0928. The molecule has 0 saturated carbocycles. The van der Waals surface area contributed by atoms with E-state index in [1.165, 1.54) is 6.07 Å². The molecular weight excluding hydrogens is 432 g/mol. The van der Waals surface area contributed by atoms with Gasteiger partial charge in [0, 0.05) is 11.5 Å². The summed E-state index contributed by atoms with van der Waals surface area (Å²) in [6, 6.07) is 17.7. The van der Waals surface area contributed by atoms with Gasteiger partial charge in [0.1, 0.15) is 6.61 Å². The number of alkyl carbamates (subject to hydrolysis) is 1. The van der Waals surface area contributed by atoms with E-state index in [0.29, 0.717) is 16.5 Å². The molecule has 1 aromatic heterocycles. The molecule has 7 nitrogen and oxygen atoms in total. The number of nitrogens with zero attached hydrogens (tertiary/aromatic N) is 1. The van der Waals surface area contributed by atoms with Crippen LogP contribution in [-0.2, 0) is 26.4 Å². The van der Waals surface area contributed by atoms with E-state index < -0.39 is 17.6 Å². The molecule has 0 aliphatic rings. The fourth-order valence-corrected chi connectivity index (χ4v) is 3.88. The summed E-state index contributed by atoms with van der Waals surface area (Å²) in [4.78, 5) is 30.7. The lowest BCUT2D eigenvalue weighted by Crippen LogP contribution is -2.55. The van der Waals surface area contributed by atoms with Crippen molar-refractivity contribution in [1.29, 1.82) is 0 Å². The highest BCUT2D eigenvalue weighted by Gasteiger charge is 2.47. The van der Waals surface area contributed by atoms with Crippen LogP contribution >= 0.6 is 0 Å². The molecule has 7 heteroatoms. The first-order chi connectivity index (χ1) is 16.0. The van der Waals surface area contributed by atoms with Crippen LogP contribution in [0, 0.1) is 5.41 Å². The molecule has 0 bridgehead atoms. The van der Waals surface area contributed by atoms with E-state index >= 15 is 0 Å². The topological polar surface area (TPSA) is 97.8 Å². The van der Waals surface area contributed by atoms with Crippen LogP contribution in [0.25, 0.3) is 10.9 Å². The first-order valence-corrected chi connectivity index (χ1v) is 11.3. The van der Waals surface area contributed by atoms with Gasteiger partial charge in [-0.15, -0.1) is 0 Å². The summed E-state index contributed by atoms with van der Waals surface area (Å²) in [5, 5.41) is 13.3. The molecule has 0 radical (unpaired) electrons. The maximum Gasteiger partial charge on any atom is 0.408 e. The van der Waals surface area contributed by atoms with Gasteiger partial charge >= 0.3 is 12.1 Å². The van der Waals surface area contributed by atoms with Gasteiger partial charge in [0.05, 0.1) is 11.6 Å². The number of ether oxygens (including phenoxy) is 2. The van der Waals surface area contributed by atoms with Crippen molar-refractivity contribution in [3.05, 3.63) is 71.8 Å². The van der Waals surface area contributed by atoms with Crippen LogP contribution in [-0.4, -0.2) is 28.3 Å². The first-order valence-electron chi connectivity index (χ1n) is 11.3. The third-order valence-electron chi connectivity index (χ3n) is 5.18. The smallest absolute Gasteiger partial charge is 0.408 e. The zero-order chi connectivity index (χ0) is 24.9. The fourth-order valence-electron chi connectivity index (χ4n) is 3.88. The molecule has 1 atom stereocenters. The van der Waals surface area contributed by atoms with Gasteiger partial charge in [-0.3, -0.25) is 0 Å². The predicted molar refractivity (Wildman–Crippen MR) is 130 cm³/mol. The Morgan fingerprint density at radius 1 is 1.03 bits per heavy atom. The summed E-state index contributed by atoms with van der Waals surface area (Å²) < 4.78 is 11.1. The summed E-state index contributed by atoms with van der Waals surface area (Å²) in [6.45, 7) is 9.56. The molecule has 180 valence electrons. The van der Waals surface area contributed by atoms with Crippen LogP contribution in [0.5, 0.6) is 5.88 Å². The van der Waals surface area contributed by atoms with Gasteiger partial charge in [-0.1, -0.05) is 57.2 Å². The second-order valence-corrected chi connectivity index (χ2v) is 9.86. The Morgan fingerprint density at radius 3 is 2.38 bits per heavy atom. The van der Waals surface area contributed by atoms with E-state index in [1.807, 2.05) is 51.1 Å². The Kier molecular flexibility index (Phi) is 7.44. The number of carbonyl (C=O) groups excluding carboxylic acids is 2. The van der Waals surface area contributed by atoms with Gasteiger partial charge in [0.15, 0.2) is 5.54 Å². The van der Waals surface area contributed by atoms with Crippen molar-refractivity contribution in [3.8, 4) is 5.88 Å². The third kappa shape index (κ3) is 6.25. The molecule has 0 fully saturated rings. The van der Waals surface area contributed by atoms with Gasteiger partial charge in [-0.2, -0.15) is 0 Å². The lowest BCUT2D eigenvalue weighted by Gasteiger charge is -2.38. The molecule has 0 aliphatic carbocycles. The normalized spacial score (nSPS) is 13.4. The molecule has 2 N–H and O–H groups in total. The van der Waals surface area contributed by atoms with Crippen molar-refractivity contribution in [3.63, 3.8) is 0 Å². The van der Waals surface area contributed by atoms with Crippen LogP contribution in [0.3, 0.4) is 0 Å². The lowest BCUT2D eigenvalue weighted by atomic mass is 9.75. The maximum atomic E-state index is 13.6. The van der Waals surface area contributed by atoms with Gasteiger partial charge < -0.3 is 19.9 Å². The zero-order valence-corrected chi connectivity index (χ0v) is 20.3. The second kappa shape index (κ2) is 10.1. The van der Waals surface area contributed by atoms with Crippen molar-refractivity contribution < 1.29 is 24.2 Å². The number of hydrogen-bond acceptors (Lipinski definition) is 6. The Balaban J connectivity index is 2.04. The predicted octanol–water partition coefficient (Wildman–Crippen LogP) is 5.45. The zero-order valence-electron chi connectivity index (χ0n) is 20.3. The lowest BCUT2D eigenvalue weighted by molar-refractivity contribution is -0.157. The minimum Gasteiger partial charge on any atom is -0.493 e. The Morgan fingerprint density at radius 2 is 1.74 bits per heavy atom. The molecule has 0 aliphatic heterocycles. The van der Waals surface area contributed by atoms with E-state index in [9.17, 15) is 14.7 Å². The average Bonchev–Trinajstić information content (AvgIpc) is 2.76. The quantitative estimate of drug-likeness (QED) is 0.451. The number of benzene rings is 2. The van der Waals surface area contributed by atoms with E-state index in [2.05, 4.69) is 10.3 Å². The molecule has 0 spiro atoms. The standard InChI is InChI=1S/C27H32N2O5/c1-18(2)34-24(31)27(17-26(3,4)5,29-25(32)33-16-19-9-7-6-8-10-19)21-12-13-22-20(15-21)11-14-23(30)28-22/h6-15,18H,16-17H2,1-5H3,(H,28,30)(H,29,32). The number of aromatic hydroxyl groups is 1. The highest BCUT2D eigenvalue weighted by molar-refractivity contribution is 5.90. The molecule has 1 amide bonds. The van der Waals surface area contributed by atoms with Gasteiger partial charge in [-0.05, 0) is 55.0 Å². The SMILES string of the molecule is CC(C)OC(=O)C(CC(C)(C)C)(NC(=O)OCc1ccccc1)c1ccc2nc(O)ccc2c1. The molecule has 3 aromatic rings. The summed E-state index contributed by atoms with van der Waals surface area (Å²) in [5.74, 6) is -0.664. The molecular formula is C27H32N2O5. The van der Waals surface area contributed by atoms with Crippen LogP contribution in [0.2, 0.25) is 0 Å². The first kappa shape index (κ1) is 25.0. The van der Waals surface area contributed by atoms with Crippen molar-refractivity contribution in [1.82, 2.24) is 10.3 Å². The van der Waals surface area contributed by atoms with E-state index in [-0.39, 0.29) is 30.4 Å². The van der Waals surface area contributed by atoms with Crippen molar-refractivity contribution >= 4 is 23.0 Å². The van der Waals surface area contributed by atoms with E-state index in [0.717, 1.165) is 5.56 Å². The molecule has 1 unspecified atom stereocenters. The van der Waals surface area contributed by atoms with E-state index in [1.54, 1.807) is 38.1 Å². The number of aromatic nitrogens is 1. The molecule has 3 rings (SSSR count). The Hall–Kier alpha value is -3.61. The number of fused-ring (bicyclic) bond motifs is 1. The molecule has 2 aromatic carbocycles. The Bertz CT molecular complexity index is 1150. The molecule has 0 saturated heterocycles. The summed E-state index contributed by atoms with van der Waals surface area (Å²) in [7, 11) is 0. The van der Waals surface area contributed by atoms with E-state index in [4.69, 9.17) is 9.47 Å². The monoisotopic (exact) mass is 464 g/mol. The highest BCUT2D eigenvalue weighted by Crippen LogP contribution is 2.38. The fraction of sp³-hybridized carbons (Fsp3) is 0.370.